The van der Waals surface area contributed by atoms with Gasteiger partial charge in [0.2, 0.25) is 0 Å². The molecule has 0 spiro atoms. The number of nitrogens with one attached hydrogen (secondary N) is 1. The van der Waals surface area contributed by atoms with Crippen LogP contribution in [0.4, 0.5) is 0 Å². The van der Waals surface area contributed by atoms with E-state index in [4.69, 9.17) is 0 Å². The molecule has 1 heterocycles. The van der Waals surface area contributed by atoms with Crippen molar-refractivity contribution >= 4 is 0 Å². The Morgan fingerprint density at radius 2 is 2.09 bits per heavy atom. The number of benzene rings is 1. The molecule has 122 valence electrons. The van der Waals surface area contributed by atoms with E-state index in [9.17, 15) is 9.59 Å². The monoisotopic (exact) mass is 313 g/mol. The third-order valence-corrected chi connectivity index (χ3v) is 4.86. The zero-order chi connectivity index (χ0) is 16.4. The Labute approximate surface area is 135 Å². The van der Waals surface area contributed by atoms with Crippen molar-refractivity contribution in [1.29, 1.82) is 0 Å². The van der Waals surface area contributed by atoms with Gasteiger partial charge in [0.1, 0.15) is 0 Å². The average Bonchev–Trinajstić information content (AvgIpc) is 2.58. The molecule has 5 nitrogen and oxygen atoms in total. The maximum atomic E-state index is 12.1. The van der Waals surface area contributed by atoms with E-state index < -0.39 is 0 Å². The van der Waals surface area contributed by atoms with Gasteiger partial charge in [-0.3, -0.25) is 14.3 Å². The topological polar surface area (TPSA) is 58.1 Å². The minimum Gasteiger partial charge on any atom is -0.314 e. The smallest absolute Gasteiger partial charge is 0.314 e. The van der Waals surface area contributed by atoms with E-state index in [1.807, 2.05) is 0 Å². The standard InChI is InChI=1S/C18H23N3O2/c1-20(11-10-14-12-19-18(23)21(2)17(14)22)16-9-5-7-13-6-3-4-8-15(13)16/h3-4,6,8,12,16H,5,7,9-11H2,1-2H3,(H,19,23)/t16-/m0/s1. The molecule has 1 aromatic carbocycles. The van der Waals surface area contributed by atoms with Crippen LogP contribution in [0.1, 0.15) is 35.6 Å². The van der Waals surface area contributed by atoms with Gasteiger partial charge in [0.05, 0.1) is 0 Å². The molecule has 0 bridgehead atoms. The van der Waals surface area contributed by atoms with Crippen molar-refractivity contribution in [2.24, 2.45) is 7.05 Å². The zero-order valence-corrected chi connectivity index (χ0v) is 13.7. The second-order valence-electron chi connectivity index (χ2n) is 6.32. The van der Waals surface area contributed by atoms with Crippen molar-refractivity contribution in [3.05, 3.63) is 68.0 Å². The summed E-state index contributed by atoms with van der Waals surface area (Å²) >= 11 is 0. The fourth-order valence-corrected chi connectivity index (χ4v) is 3.43. The van der Waals surface area contributed by atoms with E-state index in [2.05, 4.69) is 41.2 Å². The van der Waals surface area contributed by atoms with Crippen molar-refractivity contribution < 1.29 is 0 Å². The lowest BCUT2D eigenvalue weighted by Crippen LogP contribution is -2.36. The van der Waals surface area contributed by atoms with E-state index in [1.165, 1.54) is 24.6 Å². The van der Waals surface area contributed by atoms with E-state index >= 15 is 0 Å². The van der Waals surface area contributed by atoms with Gasteiger partial charge in [-0.25, -0.2) is 4.79 Å². The molecule has 1 N–H and O–H groups in total. The maximum absolute atomic E-state index is 12.1. The molecule has 2 aromatic rings. The Kier molecular flexibility index (Phi) is 4.48. The number of nitrogens with zero attached hydrogens (tertiary/aromatic N) is 2. The normalized spacial score (nSPS) is 17.3. The van der Waals surface area contributed by atoms with E-state index in [0.717, 1.165) is 24.0 Å². The second-order valence-corrected chi connectivity index (χ2v) is 6.32. The molecule has 1 atom stereocenters. The molecule has 0 saturated heterocycles. The lowest BCUT2D eigenvalue weighted by Gasteiger charge is -2.33. The molecule has 0 radical (unpaired) electrons. The first-order chi connectivity index (χ1) is 11.1. The number of H-pyrrole nitrogens is 1. The van der Waals surface area contributed by atoms with Crippen LogP contribution in [0.3, 0.4) is 0 Å². The quantitative estimate of drug-likeness (QED) is 0.933. The predicted octanol–water partition coefficient (Wildman–Crippen LogP) is 1.63. The SMILES string of the molecule is CN(CCc1c[nH]c(=O)n(C)c1=O)[C@H]1CCCc2ccccc21. The average molecular weight is 313 g/mol. The second kappa shape index (κ2) is 6.54. The first-order valence-corrected chi connectivity index (χ1v) is 8.13. The Bertz CT molecular complexity index is 806. The van der Waals surface area contributed by atoms with Gasteiger partial charge in [0.25, 0.3) is 5.56 Å². The molecule has 5 heteroatoms. The van der Waals surface area contributed by atoms with Crippen molar-refractivity contribution in [2.75, 3.05) is 13.6 Å². The van der Waals surface area contributed by atoms with Crippen molar-refractivity contribution in [3.8, 4) is 0 Å². The van der Waals surface area contributed by atoms with Crippen LogP contribution in [0.25, 0.3) is 0 Å². The van der Waals surface area contributed by atoms with Gasteiger partial charge in [-0.05, 0) is 43.9 Å². The van der Waals surface area contributed by atoms with Crippen LogP contribution in [0, 0.1) is 0 Å². The molecule has 1 aromatic heterocycles. The van der Waals surface area contributed by atoms with Gasteiger partial charge in [0.15, 0.2) is 0 Å². The number of aryl methyl sites for hydroxylation is 1. The number of hydrogen-bond acceptors (Lipinski definition) is 3. The van der Waals surface area contributed by atoms with Gasteiger partial charge >= 0.3 is 5.69 Å². The highest BCUT2D eigenvalue weighted by molar-refractivity contribution is 5.32. The predicted molar refractivity (Wildman–Crippen MR) is 90.8 cm³/mol. The van der Waals surface area contributed by atoms with Crippen LogP contribution < -0.4 is 11.2 Å². The van der Waals surface area contributed by atoms with Gasteiger partial charge in [-0.1, -0.05) is 24.3 Å². The van der Waals surface area contributed by atoms with Crippen LogP contribution in [0.5, 0.6) is 0 Å². The summed E-state index contributed by atoms with van der Waals surface area (Å²) in [6, 6.07) is 9.04. The first kappa shape index (κ1) is 15.7. The van der Waals surface area contributed by atoms with Crippen molar-refractivity contribution in [2.45, 2.75) is 31.7 Å². The molecule has 0 aliphatic heterocycles. The highest BCUT2D eigenvalue weighted by atomic mass is 16.2. The molecule has 0 saturated carbocycles. The zero-order valence-electron chi connectivity index (χ0n) is 13.7. The number of aromatic amines is 1. The minimum atomic E-state index is -0.367. The molecule has 0 fully saturated rings. The Morgan fingerprint density at radius 1 is 1.30 bits per heavy atom. The van der Waals surface area contributed by atoms with Gasteiger partial charge < -0.3 is 4.98 Å². The van der Waals surface area contributed by atoms with E-state index in [1.54, 1.807) is 6.20 Å². The van der Waals surface area contributed by atoms with E-state index in [-0.39, 0.29) is 11.2 Å². The summed E-state index contributed by atoms with van der Waals surface area (Å²) < 4.78 is 1.13. The molecule has 3 rings (SSSR count). The van der Waals surface area contributed by atoms with Crippen molar-refractivity contribution in [1.82, 2.24) is 14.5 Å². The number of rotatable bonds is 4. The minimum absolute atomic E-state index is 0.203. The van der Waals surface area contributed by atoms with Crippen LogP contribution in [-0.4, -0.2) is 28.0 Å². The Balaban J connectivity index is 1.74. The highest BCUT2D eigenvalue weighted by Crippen LogP contribution is 2.33. The highest BCUT2D eigenvalue weighted by Gasteiger charge is 2.23. The summed E-state index contributed by atoms with van der Waals surface area (Å²) in [6.07, 6.45) is 5.69. The summed E-state index contributed by atoms with van der Waals surface area (Å²) in [7, 11) is 3.62. The van der Waals surface area contributed by atoms with Crippen molar-refractivity contribution in [3.63, 3.8) is 0 Å². The first-order valence-electron chi connectivity index (χ1n) is 8.13. The molecule has 0 unspecified atom stereocenters. The molecular weight excluding hydrogens is 290 g/mol. The summed E-state index contributed by atoms with van der Waals surface area (Å²) in [4.78, 5) is 28.5. The number of aromatic nitrogens is 2. The Morgan fingerprint density at radius 3 is 2.91 bits per heavy atom. The fraction of sp³-hybridized carbons (Fsp3) is 0.444. The van der Waals surface area contributed by atoms with Gasteiger partial charge in [-0.2, -0.15) is 0 Å². The summed E-state index contributed by atoms with van der Waals surface area (Å²) in [5, 5.41) is 0. The largest absolute Gasteiger partial charge is 0.328 e. The molecule has 1 aliphatic carbocycles. The van der Waals surface area contributed by atoms with Crippen LogP contribution in [0.15, 0.2) is 40.1 Å². The third kappa shape index (κ3) is 3.15. The maximum Gasteiger partial charge on any atom is 0.328 e. The van der Waals surface area contributed by atoms with E-state index in [0.29, 0.717) is 18.0 Å². The summed E-state index contributed by atoms with van der Waals surface area (Å²) in [5.74, 6) is 0. The molecule has 1 aliphatic rings. The lowest BCUT2D eigenvalue weighted by molar-refractivity contribution is 0.223. The summed E-state index contributed by atoms with van der Waals surface area (Å²) in [6.45, 7) is 0.792. The molecule has 23 heavy (non-hydrogen) atoms. The van der Waals surface area contributed by atoms with Crippen LogP contribution in [0.2, 0.25) is 0 Å². The fourth-order valence-electron chi connectivity index (χ4n) is 3.43. The van der Waals surface area contributed by atoms with Gasteiger partial charge in [0, 0.05) is 31.4 Å². The number of fused-ring (bicyclic) bond motifs is 1. The summed E-state index contributed by atoms with van der Waals surface area (Å²) in [5.41, 5.74) is 2.94. The van der Waals surface area contributed by atoms with Gasteiger partial charge in [-0.15, -0.1) is 0 Å². The van der Waals surface area contributed by atoms with Crippen LogP contribution >= 0.6 is 0 Å². The van der Waals surface area contributed by atoms with Crippen LogP contribution in [-0.2, 0) is 19.9 Å². The molecule has 0 amide bonds. The molecular formula is C18H23N3O2. The Hall–Kier alpha value is -2.14. The lowest BCUT2D eigenvalue weighted by atomic mass is 9.87. The third-order valence-electron chi connectivity index (χ3n) is 4.86. The number of hydrogen-bond donors (Lipinski definition) is 1. The number of likely N-dealkylation sites (N-methyl/N-ethyl adjacent to an activating group) is 1.